The summed E-state index contributed by atoms with van der Waals surface area (Å²) in [5.74, 6) is -0.389. The number of hydrogen-bond donors (Lipinski definition) is 2. The minimum atomic E-state index is -3.12. The second kappa shape index (κ2) is 6.78. The predicted octanol–water partition coefficient (Wildman–Crippen LogP) is 0.207. The lowest BCUT2D eigenvalue weighted by Gasteiger charge is -2.32. The van der Waals surface area contributed by atoms with Gasteiger partial charge in [0, 0.05) is 31.5 Å². The average Bonchev–Trinajstić information content (AvgIpc) is 2.93. The van der Waals surface area contributed by atoms with Gasteiger partial charge >= 0.3 is 0 Å². The second-order valence-corrected chi connectivity index (χ2v) is 8.18. The Kier molecular flexibility index (Phi) is 5.23. The summed E-state index contributed by atoms with van der Waals surface area (Å²) in [6.07, 6.45) is 3.59. The van der Waals surface area contributed by atoms with E-state index in [2.05, 4.69) is 10.4 Å². The molecule has 3 atom stereocenters. The van der Waals surface area contributed by atoms with Gasteiger partial charge in [0.05, 0.1) is 11.4 Å². The van der Waals surface area contributed by atoms with E-state index in [1.165, 1.54) is 6.26 Å². The molecule has 1 aromatic heterocycles. The van der Waals surface area contributed by atoms with Crippen molar-refractivity contribution in [3.05, 3.63) is 18.0 Å². The fourth-order valence-corrected chi connectivity index (χ4v) is 3.88. The summed E-state index contributed by atoms with van der Waals surface area (Å²) in [4.78, 5) is 12.0. The van der Waals surface area contributed by atoms with Gasteiger partial charge in [0.25, 0.3) is 5.91 Å². The highest BCUT2D eigenvalue weighted by atomic mass is 32.2. The lowest BCUT2D eigenvalue weighted by Crippen LogP contribution is -2.41. The summed E-state index contributed by atoms with van der Waals surface area (Å²) < 4.78 is 24.7. The molecule has 1 amide bonds. The van der Waals surface area contributed by atoms with E-state index >= 15 is 0 Å². The van der Waals surface area contributed by atoms with Gasteiger partial charge in [0.15, 0.2) is 0 Å². The van der Waals surface area contributed by atoms with Crippen LogP contribution in [-0.2, 0) is 16.4 Å². The topological polar surface area (TPSA) is 101 Å². The van der Waals surface area contributed by atoms with Crippen molar-refractivity contribution in [2.45, 2.75) is 44.1 Å². The molecule has 124 valence electrons. The Morgan fingerprint density at radius 3 is 2.77 bits per heavy atom. The normalized spacial score (nSPS) is 25.9. The number of aromatic nitrogens is 2. The van der Waals surface area contributed by atoms with Crippen LogP contribution in [0.3, 0.4) is 0 Å². The summed E-state index contributed by atoms with van der Waals surface area (Å²) in [6, 6.07) is 1.65. The smallest absolute Gasteiger partial charge is 0.271 e. The summed E-state index contributed by atoms with van der Waals surface area (Å²) >= 11 is 0. The summed E-state index contributed by atoms with van der Waals surface area (Å²) in [7, 11) is -3.12. The SMILES string of the molecule is CCn1ccc(C(=O)NC[C@@H]2CC[C@@H](S(C)(=O)=O)C[C@H]2O)n1. The molecule has 8 heteroatoms. The van der Waals surface area contributed by atoms with E-state index in [-0.39, 0.29) is 18.2 Å². The van der Waals surface area contributed by atoms with Gasteiger partial charge in [-0.15, -0.1) is 0 Å². The number of rotatable bonds is 5. The van der Waals surface area contributed by atoms with Gasteiger partial charge in [-0.1, -0.05) is 0 Å². The van der Waals surface area contributed by atoms with Gasteiger partial charge < -0.3 is 10.4 Å². The number of carbonyl (C=O) groups excluding carboxylic acids is 1. The van der Waals surface area contributed by atoms with E-state index in [1.54, 1.807) is 16.9 Å². The van der Waals surface area contributed by atoms with Gasteiger partial charge in [-0.05, 0) is 32.3 Å². The van der Waals surface area contributed by atoms with Gasteiger partial charge in [0.2, 0.25) is 0 Å². The van der Waals surface area contributed by atoms with Crippen molar-refractivity contribution in [2.24, 2.45) is 5.92 Å². The maximum atomic E-state index is 12.0. The maximum absolute atomic E-state index is 12.0. The van der Waals surface area contributed by atoms with Gasteiger partial charge in [0.1, 0.15) is 15.5 Å². The Balaban J connectivity index is 1.86. The molecular weight excluding hydrogens is 306 g/mol. The van der Waals surface area contributed by atoms with Crippen molar-refractivity contribution in [3.8, 4) is 0 Å². The first kappa shape index (κ1) is 17.0. The van der Waals surface area contributed by atoms with Crippen molar-refractivity contribution >= 4 is 15.7 Å². The van der Waals surface area contributed by atoms with Crippen molar-refractivity contribution in [3.63, 3.8) is 0 Å². The number of nitrogens with one attached hydrogen (secondary N) is 1. The van der Waals surface area contributed by atoms with Crippen LogP contribution in [0.2, 0.25) is 0 Å². The van der Waals surface area contributed by atoms with E-state index in [4.69, 9.17) is 0 Å². The molecule has 0 unspecified atom stereocenters. The minimum Gasteiger partial charge on any atom is -0.393 e. The van der Waals surface area contributed by atoms with Crippen LogP contribution in [0.1, 0.15) is 36.7 Å². The number of aliphatic hydroxyl groups is 1. The molecule has 0 bridgehead atoms. The molecule has 0 spiro atoms. The molecule has 0 radical (unpaired) electrons. The molecule has 7 nitrogen and oxygen atoms in total. The number of amides is 1. The molecule has 0 saturated heterocycles. The van der Waals surface area contributed by atoms with Crippen molar-refractivity contribution in [1.29, 1.82) is 0 Å². The molecule has 1 aliphatic carbocycles. The lowest BCUT2D eigenvalue weighted by molar-refractivity contribution is 0.0672. The number of sulfone groups is 1. The number of carbonyl (C=O) groups is 1. The van der Waals surface area contributed by atoms with E-state index < -0.39 is 21.2 Å². The molecule has 2 N–H and O–H groups in total. The molecule has 2 rings (SSSR count). The minimum absolute atomic E-state index is 0.116. The Hall–Kier alpha value is -1.41. The Labute approximate surface area is 130 Å². The highest BCUT2D eigenvalue weighted by Gasteiger charge is 2.34. The molecular formula is C14H23N3O4S. The predicted molar refractivity (Wildman–Crippen MR) is 82.2 cm³/mol. The number of aryl methyl sites for hydroxylation is 1. The zero-order chi connectivity index (χ0) is 16.3. The van der Waals surface area contributed by atoms with Gasteiger partial charge in [-0.25, -0.2) is 8.42 Å². The second-order valence-electron chi connectivity index (χ2n) is 5.86. The average molecular weight is 329 g/mol. The summed E-state index contributed by atoms with van der Waals surface area (Å²) in [5, 5.41) is 16.5. The van der Waals surface area contributed by atoms with Crippen LogP contribution in [-0.4, -0.2) is 53.4 Å². The van der Waals surface area contributed by atoms with Gasteiger partial charge in [-0.2, -0.15) is 5.10 Å². The molecule has 1 saturated carbocycles. The molecule has 1 aromatic rings. The van der Waals surface area contributed by atoms with E-state index in [0.29, 0.717) is 31.6 Å². The zero-order valence-corrected chi connectivity index (χ0v) is 13.7. The quantitative estimate of drug-likeness (QED) is 0.804. The van der Waals surface area contributed by atoms with E-state index in [0.717, 1.165) is 0 Å². The standard InChI is InChI=1S/C14H23N3O4S/c1-3-17-7-6-12(16-17)14(19)15-9-10-4-5-11(8-13(10)18)22(2,20)21/h6-7,10-11,13,18H,3-5,8-9H2,1-2H3,(H,15,19)/t10-,11+,13+/m0/s1. The molecule has 0 aromatic carbocycles. The first-order valence-corrected chi connectivity index (χ1v) is 9.45. The van der Waals surface area contributed by atoms with Crippen molar-refractivity contribution in [1.82, 2.24) is 15.1 Å². The molecule has 1 heterocycles. The number of hydrogen-bond acceptors (Lipinski definition) is 5. The zero-order valence-electron chi connectivity index (χ0n) is 12.9. The van der Waals surface area contributed by atoms with E-state index in [1.807, 2.05) is 6.92 Å². The highest BCUT2D eigenvalue weighted by molar-refractivity contribution is 7.91. The highest BCUT2D eigenvalue weighted by Crippen LogP contribution is 2.28. The monoisotopic (exact) mass is 329 g/mol. The largest absolute Gasteiger partial charge is 0.393 e. The first-order valence-electron chi connectivity index (χ1n) is 7.49. The maximum Gasteiger partial charge on any atom is 0.271 e. The van der Waals surface area contributed by atoms with Crippen LogP contribution in [0.25, 0.3) is 0 Å². The van der Waals surface area contributed by atoms with Crippen LogP contribution in [0.4, 0.5) is 0 Å². The third-order valence-electron chi connectivity index (χ3n) is 4.24. The Morgan fingerprint density at radius 1 is 1.50 bits per heavy atom. The van der Waals surface area contributed by atoms with Crippen LogP contribution in [0, 0.1) is 5.92 Å². The summed E-state index contributed by atoms with van der Waals surface area (Å²) in [6.45, 7) is 2.96. The third-order valence-corrected chi connectivity index (χ3v) is 5.87. The van der Waals surface area contributed by atoms with Crippen LogP contribution in [0.5, 0.6) is 0 Å². The van der Waals surface area contributed by atoms with Crippen molar-refractivity contribution in [2.75, 3.05) is 12.8 Å². The van der Waals surface area contributed by atoms with Crippen LogP contribution >= 0.6 is 0 Å². The molecule has 1 fully saturated rings. The molecule has 22 heavy (non-hydrogen) atoms. The van der Waals surface area contributed by atoms with Crippen molar-refractivity contribution < 1.29 is 18.3 Å². The fraction of sp³-hybridized carbons (Fsp3) is 0.714. The third kappa shape index (κ3) is 4.07. The van der Waals surface area contributed by atoms with Crippen LogP contribution in [0.15, 0.2) is 12.3 Å². The first-order chi connectivity index (χ1) is 10.3. The summed E-state index contributed by atoms with van der Waals surface area (Å²) in [5.41, 5.74) is 0.348. The molecule has 1 aliphatic rings. The van der Waals surface area contributed by atoms with Gasteiger partial charge in [-0.3, -0.25) is 9.48 Å². The Morgan fingerprint density at radius 2 is 2.23 bits per heavy atom. The molecule has 0 aliphatic heterocycles. The Bertz CT molecular complexity index is 626. The van der Waals surface area contributed by atoms with Crippen LogP contribution < -0.4 is 5.32 Å². The fourth-order valence-electron chi connectivity index (χ4n) is 2.77. The number of aliphatic hydroxyl groups excluding tert-OH is 1. The van der Waals surface area contributed by atoms with E-state index in [9.17, 15) is 18.3 Å². The number of nitrogens with zero attached hydrogens (tertiary/aromatic N) is 2. The lowest BCUT2D eigenvalue weighted by atomic mass is 9.86.